The SMILES string of the molecule is C#CCOCCC(=O)[C@H](C#N)c1ccc2ccccc2n1. The van der Waals surface area contributed by atoms with Gasteiger partial charge < -0.3 is 4.74 Å². The summed E-state index contributed by atoms with van der Waals surface area (Å²) < 4.78 is 5.07. The zero-order valence-corrected chi connectivity index (χ0v) is 11.5. The van der Waals surface area contributed by atoms with Crippen molar-refractivity contribution in [2.24, 2.45) is 0 Å². The van der Waals surface area contributed by atoms with Gasteiger partial charge in [0.1, 0.15) is 12.5 Å². The average molecular weight is 278 g/mol. The van der Waals surface area contributed by atoms with Gasteiger partial charge in [-0.2, -0.15) is 5.26 Å². The number of benzene rings is 1. The van der Waals surface area contributed by atoms with Gasteiger partial charge in [-0.25, -0.2) is 0 Å². The number of aromatic nitrogens is 1. The summed E-state index contributed by atoms with van der Waals surface area (Å²) in [4.78, 5) is 16.5. The second-order valence-corrected chi connectivity index (χ2v) is 4.46. The Morgan fingerprint density at radius 1 is 1.33 bits per heavy atom. The number of Topliss-reactive ketones (excluding diaryl/α,β-unsaturated/α-hetero) is 1. The zero-order chi connectivity index (χ0) is 15.1. The van der Waals surface area contributed by atoms with Crippen LogP contribution in [0.1, 0.15) is 18.0 Å². The molecule has 0 radical (unpaired) electrons. The van der Waals surface area contributed by atoms with Crippen molar-refractivity contribution in [2.45, 2.75) is 12.3 Å². The quantitative estimate of drug-likeness (QED) is 0.601. The van der Waals surface area contributed by atoms with Crippen molar-refractivity contribution in [1.82, 2.24) is 4.98 Å². The molecular formula is C17H14N2O2. The molecule has 0 N–H and O–H groups in total. The Kier molecular flexibility index (Phi) is 5.04. The maximum atomic E-state index is 12.1. The number of hydrogen-bond donors (Lipinski definition) is 0. The molecule has 0 aliphatic carbocycles. The fourth-order valence-electron chi connectivity index (χ4n) is 1.99. The van der Waals surface area contributed by atoms with Crippen molar-refractivity contribution < 1.29 is 9.53 Å². The van der Waals surface area contributed by atoms with E-state index in [4.69, 9.17) is 11.2 Å². The Morgan fingerprint density at radius 2 is 2.14 bits per heavy atom. The number of ether oxygens (including phenoxy) is 1. The lowest BCUT2D eigenvalue weighted by molar-refractivity contribution is -0.120. The highest BCUT2D eigenvalue weighted by atomic mass is 16.5. The van der Waals surface area contributed by atoms with Crippen LogP contribution in [0.4, 0.5) is 0 Å². The predicted molar refractivity (Wildman–Crippen MR) is 79.4 cm³/mol. The topological polar surface area (TPSA) is 63.0 Å². The Morgan fingerprint density at radius 3 is 2.90 bits per heavy atom. The number of fused-ring (bicyclic) bond motifs is 1. The largest absolute Gasteiger partial charge is 0.368 e. The lowest BCUT2D eigenvalue weighted by Crippen LogP contribution is -2.14. The van der Waals surface area contributed by atoms with E-state index in [1.54, 1.807) is 6.07 Å². The molecule has 0 aliphatic heterocycles. The van der Waals surface area contributed by atoms with Gasteiger partial charge in [-0.15, -0.1) is 6.42 Å². The van der Waals surface area contributed by atoms with Crippen LogP contribution in [0.15, 0.2) is 36.4 Å². The smallest absolute Gasteiger partial charge is 0.158 e. The van der Waals surface area contributed by atoms with Crippen molar-refractivity contribution in [3.63, 3.8) is 0 Å². The Bertz CT molecular complexity index is 725. The standard InChI is InChI=1S/C17H14N2O2/c1-2-10-21-11-9-17(20)14(12-18)16-8-7-13-5-3-4-6-15(13)19-16/h1,3-8,14H,9-11H2/t14-/m1/s1. The Balaban J connectivity index is 2.14. The Hall–Kier alpha value is -2.69. The molecule has 0 aliphatic rings. The highest BCUT2D eigenvalue weighted by Crippen LogP contribution is 2.19. The van der Waals surface area contributed by atoms with Crippen molar-refractivity contribution >= 4 is 16.7 Å². The Labute approximate surface area is 123 Å². The molecule has 1 atom stereocenters. The van der Waals surface area contributed by atoms with Gasteiger partial charge in [-0.05, 0) is 12.1 Å². The summed E-state index contributed by atoms with van der Waals surface area (Å²) in [5.74, 6) is 1.24. The van der Waals surface area contributed by atoms with Crippen LogP contribution in [-0.4, -0.2) is 24.0 Å². The van der Waals surface area contributed by atoms with Crippen LogP contribution >= 0.6 is 0 Å². The summed E-state index contributed by atoms with van der Waals surface area (Å²) in [5.41, 5.74) is 1.24. The first-order valence-electron chi connectivity index (χ1n) is 6.55. The van der Waals surface area contributed by atoms with Crippen LogP contribution in [0.25, 0.3) is 10.9 Å². The summed E-state index contributed by atoms with van der Waals surface area (Å²) in [6.07, 6.45) is 5.20. The maximum absolute atomic E-state index is 12.1. The van der Waals surface area contributed by atoms with Gasteiger partial charge in [0, 0.05) is 11.8 Å². The first-order chi connectivity index (χ1) is 10.3. The van der Waals surface area contributed by atoms with Crippen LogP contribution in [-0.2, 0) is 9.53 Å². The van der Waals surface area contributed by atoms with Crippen molar-refractivity contribution in [2.75, 3.05) is 13.2 Å². The lowest BCUT2D eigenvalue weighted by atomic mass is 9.98. The molecule has 1 aromatic heterocycles. The third-order valence-corrected chi connectivity index (χ3v) is 3.04. The minimum Gasteiger partial charge on any atom is -0.368 e. The number of para-hydroxylation sites is 1. The lowest BCUT2D eigenvalue weighted by Gasteiger charge is -2.08. The van der Waals surface area contributed by atoms with Gasteiger partial charge in [0.15, 0.2) is 5.78 Å². The molecule has 0 fully saturated rings. The summed E-state index contributed by atoms with van der Waals surface area (Å²) in [7, 11) is 0. The summed E-state index contributed by atoms with van der Waals surface area (Å²) in [6.45, 7) is 0.382. The predicted octanol–water partition coefficient (Wildman–Crippen LogP) is 2.45. The number of carbonyl (C=O) groups is 1. The summed E-state index contributed by atoms with van der Waals surface area (Å²) in [5, 5.41) is 10.2. The van der Waals surface area contributed by atoms with Gasteiger partial charge in [0.2, 0.25) is 0 Å². The van der Waals surface area contributed by atoms with Crippen LogP contribution in [0.3, 0.4) is 0 Å². The number of carbonyl (C=O) groups excluding carboxylic acids is 1. The molecule has 1 aromatic carbocycles. The van der Waals surface area contributed by atoms with Crippen LogP contribution in [0, 0.1) is 23.7 Å². The second kappa shape index (κ2) is 7.19. The van der Waals surface area contributed by atoms with Gasteiger partial charge >= 0.3 is 0 Å². The van der Waals surface area contributed by atoms with E-state index in [1.165, 1.54) is 0 Å². The number of pyridine rings is 1. The number of terminal acetylenes is 1. The second-order valence-electron chi connectivity index (χ2n) is 4.46. The number of nitriles is 1. The fourth-order valence-corrected chi connectivity index (χ4v) is 1.99. The van der Waals surface area contributed by atoms with Crippen LogP contribution < -0.4 is 0 Å². The number of ketones is 1. The van der Waals surface area contributed by atoms with Crippen molar-refractivity contribution in [3.8, 4) is 18.4 Å². The minimum absolute atomic E-state index is 0.147. The van der Waals surface area contributed by atoms with Gasteiger partial charge in [-0.3, -0.25) is 9.78 Å². The molecule has 0 spiro atoms. The van der Waals surface area contributed by atoms with E-state index in [-0.39, 0.29) is 25.4 Å². The first kappa shape index (κ1) is 14.7. The molecule has 104 valence electrons. The fraction of sp³-hybridized carbons (Fsp3) is 0.235. The van der Waals surface area contributed by atoms with E-state index in [0.29, 0.717) is 5.69 Å². The van der Waals surface area contributed by atoms with E-state index < -0.39 is 5.92 Å². The molecule has 0 unspecified atom stereocenters. The van der Waals surface area contributed by atoms with E-state index in [1.807, 2.05) is 36.4 Å². The van der Waals surface area contributed by atoms with E-state index in [0.717, 1.165) is 10.9 Å². The normalized spacial score (nSPS) is 11.5. The zero-order valence-electron chi connectivity index (χ0n) is 11.5. The maximum Gasteiger partial charge on any atom is 0.158 e. The van der Waals surface area contributed by atoms with E-state index in [2.05, 4.69) is 10.9 Å². The molecule has 2 aromatic rings. The number of nitrogens with zero attached hydrogens (tertiary/aromatic N) is 2. The highest BCUT2D eigenvalue weighted by Gasteiger charge is 2.21. The monoisotopic (exact) mass is 278 g/mol. The van der Waals surface area contributed by atoms with Gasteiger partial charge in [-0.1, -0.05) is 30.2 Å². The van der Waals surface area contributed by atoms with Gasteiger partial charge in [0.05, 0.1) is 23.9 Å². The van der Waals surface area contributed by atoms with Crippen LogP contribution in [0.2, 0.25) is 0 Å². The number of hydrogen-bond acceptors (Lipinski definition) is 4. The first-order valence-corrected chi connectivity index (χ1v) is 6.55. The van der Waals surface area contributed by atoms with E-state index >= 15 is 0 Å². The molecular weight excluding hydrogens is 264 g/mol. The average Bonchev–Trinajstić information content (AvgIpc) is 2.52. The molecule has 2 rings (SSSR count). The number of rotatable bonds is 6. The highest BCUT2D eigenvalue weighted by molar-refractivity contribution is 5.89. The molecule has 1 heterocycles. The summed E-state index contributed by atoms with van der Waals surface area (Å²) >= 11 is 0. The van der Waals surface area contributed by atoms with E-state index in [9.17, 15) is 10.1 Å². The van der Waals surface area contributed by atoms with Crippen molar-refractivity contribution in [3.05, 3.63) is 42.1 Å². The minimum atomic E-state index is -0.871. The molecule has 0 amide bonds. The molecule has 0 bridgehead atoms. The molecule has 4 nitrogen and oxygen atoms in total. The van der Waals surface area contributed by atoms with Gasteiger partial charge in [0.25, 0.3) is 0 Å². The molecule has 0 saturated carbocycles. The molecule has 0 saturated heterocycles. The third-order valence-electron chi connectivity index (χ3n) is 3.04. The summed E-state index contributed by atoms with van der Waals surface area (Å²) in [6, 6.07) is 13.2. The van der Waals surface area contributed by atoms with Crippen molar-refractivity contribution in [1.29, 1.82) is 5.26 Å². The molecule has 4 heteroatoms. The molecule has 21 heavy (non-hydrogen) atoms. The van der Waals surface area contributed by atoms with Crippen LogP contribution in [0.5, 0.6) is 0 Å². The third kappa shape index (κ3) is 3.66.